The van der Waals surface area contributed by atoms with Crippen LogP contribution >= 0.6 is 11.3 Å². The molecule has 5 heteroatoms. The van der Waals surface area contributed by atoms with Crippen molar-refractivity contribution in [3.05, 3.63) is 70.3 Å². The summed E-state index contributed by atoms with van der Waals surface area (Å²) in [6.07, 6.45) is -0.849. The number of aliphatic hydroxyl groups is 1. The lowest BCUT2D eigenvalue weighted by Gasteiger charge is -2.07. The van der Waals surface area contributed by atoms with E-state index in [0.717, 1.165) is 17.0 Å². The largest absolute Gasteiger partial charge is 0.497 e. The summed E-state index contributed by atoms with van der Waals surface area (Å²) in [6.45, 7) is 0. The Morgan fingerprint density at radius 3 is 2.41 bits per heavy atom. The van der Waals surface area contributed by atoms with Gasteiger partial charge in [0, 0.05) is 10.9 Å². The lowest BCUT2D eigenvalue weighted by Crippen LogP contribution is -1.99. The van der Waals surface area contributed by atoms with Crippen molar-refractivity contribution < 1.29 is 14.2 Å². The Labute approximate surface area is 131 Å². The first-order valence-corrected chi connectivity index (χ1v) is 7.59. The van der Waals surface area contributed by atoms with Gasteiger partial charge in [-0.2, -0.15) is 0 Å². The van der Waals surface area contributed by atoms with Crippen LogP contribution < -0.4 is 4.74 Å². The fraction of sp³-hybridized carbons (Fsp3) is 0.118. The zero-order valence-electron chi connectivity index (χ0n) is 11.9. The first-order valence-electron chi connectivity index (χ1n) is 6.71. The Balaban J connectivity index is 1.84. The zero-order chi connectivity index (χ0) is 15.5. The Hall–Kier alpha value is -2.24. The molecule has 3 aromatic rings. The van der Waals surface area contributed by atoms with Gasteiger partial charge in [-0.1, -0.05) is 12.1 Å². The van der Waals surface area contributed by atoms with Crippen LogP contribution in [0.5, 0.6) is 5.75 Å². The third-order valence-corrected chi connectivity index (χ3v) is 4.22. The molecule has 0 saturated carbocycles. The maximum Gasteiger partial charge on any atom is 0.131 e. The highest BCUT2D eigenvalue weighted by Crippen LogP contribution is 2.29. The molecule has 0 bridgehead atoms. The number of hydrogen-bond acceptors (Lipinski definition) is 4. The summed E-state index contributed by atoms with van der Waals surface area (Å²) in [7, 11) is 1.62. The molecule has 0 radical (unpaired) electrons. The summed E-state index contributed by atoms with van der Waals surface area (Å²) in [5.41, 5.74) is 2.37. The maximum atomic E-state index is 12.9. The van der Waals surface area contributed by atoms with Crippen molar-refractivity contribution in [2.45, 2.75) is 6.10 Å². The SMILES string of the molecule is COc1ccc(-c2csc(C(O)c3ccc(F)cc3)n2)cc1. The second-order valence-corrected chi connectivity index (χ2v) is 5.64. The molecule has 3 rings (SSSR count). The highest BCUT2D eigenvalue weighted by Gasteiger charge is 2.15. The normalized spacial score (nSPS) is 12.1. The van der Waals surface area contributed by atoms with E-state index in [1.54, 1.807) is 19.2 Å². The van der Waals surface area contributed by atoms with Gasteiger partial charge in [0.2, 0.25) is 0 Å². The highest BCUT2D eigenvalue weighted by atomic mass is 32.1. The number of aromatic nitrogens is 1. The molecular formula is C17H14FNO2S. The van der Waals surface area contributed by atoms with Crippen LogP contribution in [0.15, 0.2) is 53.9 Å². The molecule has 3 nitrogen and oxygen atoms in total. The second-order valence-electron chi connectivity index (χ2n) is 4.75. The van der Waals surface area contributed by atoms with Gasteiger partial charge in [-0.15, -0.1) is 11.3 Å². The van der Waals surface area contributed by atoms with Crippen LogP contribution in [0.2, 0.25) is 0 Å². The fourth-order valence-electron chi connectivity index (χ4n) is 2.10. The van der Waals surface area contributed by atoms with Gasteiger partial charge in [-0.05, 0) is 42.0 Å². The Morgan fingerprint density at radius 1 is 1.09 bits per heavy atom. The number of rotatable bonds is 4. The van der Waals surface area contributed by atoms with E-state index in [0.29, 0.717) is 10.6 Å². The molecule has 1 unspecified atom stereocenters. The van der Waals surface area contributed by atoms with Crippen molar-refractivity contribution in [3.8, 4) is 17.0 Å². The van der Waals surface area contributed by atoms with Gasteiger partial charge in [-0.3, -0.25) is 0 Å². The van der Waals surface area contributed by atoms with Crippen molar-refractivity contribution in [1.82, 2.24) is 4.98 Å². The lowest BCUT2D eigenvalue weighted by atomic mass is 10.1. The quantitative estimate of drug-likeness (QED) is 0.790. The minimum Gasteiger partial charge on any atom is -0.497 e. The molecule has 1 heterocycles. The molecule has 2 aromatic carbocycles. The van der Waals surface area contributed by atoms with E-state index in [1.807, 2.05) is 29.6 Å². The standard InChI is InChI=1S/C17H14FNO2S/c1-21-14-8-4-11(5-9-14)15-10-22-17(19-15)16(20)12-2-6-13(18)7-3-12/h2-10,16,20H,1H3. The fourth-order valence-corrected chi connectivity index (χ4v) is 2.93. The number of methoxy groups -OCH3 is 1. The van der Waals surface area contributed by atoms with E-state index in [9.17, 15) is 9.50 Å². The third kappa shape index (κ3) is 3.00. The molecule has 0 amide bonds. The number of aliphatic hydroxyl groups excluding tert-OH is 1. The summed E-state index contributed by atoms with van der Waals surface area (Å²) in [4.78, 5) is 4.47. The van der Waals surface area contributed by atoms with E-state index in [4.69, 9.17) is 4.74 Å². The number of thiazole rings is 1. The predicted molar refractivity (Wildman–Crippen MR) is 84.6 cm³/mol. The zero-order valence-corrected chi connectivity index (χ0v) is 12.7. The van der Waals surface area contributed by atoms with Gasteiger partial charge in [0.1, 0.15) is 22.7 Å². The number of nitrogens with zero attached hydrogens (tertiary/aromatic N) is 1. The highest BCUT2D eigenvalue weighted by molar-refractivity contribution is 7.10. The minimum atomic E-state index is -0.849. The lowest BCUT2D eigenvalue weighted by molar-refractivity contribution is 0.220. The molecule has 22 heavy (non-hydrogen) atoms. The summed E-state index contributed by atoms with van der Waals surface area (Å²) in [5.74, 6) is 0.458. The van der Waals surface area contributed by atoms with Gasteiger partial charge in [0.05, 0.1) is 12.8 Å². The summed E-state index contributed by atoms with van der Waals surface area (Å²) in [6, 6.07) is 13.4. The van der Waals surface area contributed by atoms with E-state index in [1.165, 1.54) is 23.5 Å². The average Bonchev–Trinajstić information content (AvgIpc) is 3.05. The molecule has 0 saturated heterocycles. The predicted octanol–water partition coefficient (Wildman–Crippen LogP) is 4.04. The van der Waals surface area contributed by atoms with Gasteiger partial charge < -0.3 is 9.84 Å². The number of benzene rings is 2. The van der Waals surface area contributed by atoms with Crippen LogP contribution in [0.1, 0.15) is 16.7 Å². The molecule has 112 valence electrons. The van der Waals surface area contributed by atoms with Gasteiger partial charge in [0.15, 0.2) is 0 Å². The smallest absolute Gasteiger partial charge is 0.131 e. The monoisotopic (exact) mass is 315 g/mol. The summed E-state index contributed by atoms with van der Waals surface area (Å²) in [5, 5.41) is 12.8. The third-order valence-electron chi connectivity index (χ3n) is 3.33. The van der Waals surface area contributed by atoms with Gasteiger partial charge >= 0.3 is 0 Å². The molecule has 0 aliphatic carbocycles. The first kappa shape index (κ1) is 14.7. The number of halogens is 1. The van der Waals surface area contributed by atoms with Gasteiger partial charge in [-0.25, -0.2) is 9.37 Å². The molecule has 1 aromatic heterocycles. The van der Waals surface area contributed by atoms with Crippen molar-refractivity contribution in [3.63, 3.8) is 0 Å². The van der Waals surface area contributed by atoms with Crippen molar-refractivity contribution in [2.75, 3.05) is 7.11 Å². The Morgan fingerprint density at radius 2 is 1.77 bits per heavy atom. The molecule has 0 spiro atoms. The van der Waals surface area contributed by atoms with Gasteiger partial charge in [0.25, 0.3) is 0 Å². The Kier molecular flexibility index (Phi) is 4.18. The van der Waals surface area contributed by atoms with Crippen molar-refractivity contribution in [1.29, 1.82) is 0 Å². The summed E-state index contributed by atoms with van der Waals surface area (Å²) < 4.78 is 18.1. The average molecular weight is 315 g/mol. The number of hydrogen-bond donors (Lipinski definition) is 1. The molecule has 1 N–H and O–H groups in total. The molecule has 0 aliphatic heterocycles. The van der Waals surface area contributed by atoms with E-state index in [2.05, 4.69) is 4.98 Å². The summed E-state index contributed by atoms with van der Waals surface area (Å²) >= 11 is 1.38. The van der Waals surface area contributed by atoms with Crippen LogP contribution in [-0.2, 0) is 0 Å². The van der Waals surface area contributed by atoms with Crippen molar-refractivity contribution in [2.24, 2.45) is 0 Å². The van der Waals surface area contributed by atoms with E-state index >= 15 is 0 Å². The van der Waals surface area contributed by atoms with E-state index < -0.39 is 6.10 Å². The van der Waals surface area contributed by atoms with Crippen molar-refractivity contribution >= 4 is 11.3 Å². The molecule has 0 aliphatic rings. The number of ether oxygens (including phenoxy) is 1. The molecular weight excluding hydrogens is 301 g/mol. The van der Waals surface area contributed by atoms with Crippen LogP contribution in [-0.4, -0.2) is 17.2 Å². The second kappa shape index (κ2) is 6.25. The first-order chi connectivity index (χ1) is 10.7. The van der Waals surface area contributed by atoms with Crippen LogP contribution in [0.25, 0.3) is 11.3 Å². The van der Waals surface area contributed by atoms with Crippen LogP contribution in [0.3, 0.4) is 0 Å². The molecule has 0 fully saturated rings. The van der Waals surface area contributed by atoms with Crippen LogP contribution in [0, 0.1) is 5.82 Å². The topological polar surface area (TPSA) is 42.4 Å². The van der Waals surface area contributed by atoms with E-state index in [-0.39, 0.29) is 5.82 Å². The van der Waals surface area contributed by atoms with Crippen LogP contribution in [0.4, 0.5) is 4.39 Å². The maximum absolute atomic E-state index is 12.9. The minimum absolute atomic E-state index is 0.325. The Bertz CT molecular complexity index is 753. The molecule has 1 atom stereocenters.